The zero-order valence-corrected chi connectivity index (χ0v) is 22.0. The predicted molar refractivity (Wildman–Crippen MR) is 132 cm³/mol. The van der Waals surface area contributed by atoms with Crippen molar-refractivity contribution in [3.63, 3.8) is 0 Å². The second-order valence-corrected chi connectivity index (χ2v) is 9.92. The molecule has 2 rings (SSSR count). The fourth-order valence-electron chi connectivity index (χ4n) is 4.58. The summed E-state index contributed by atoms with van der Waals surface area (Å²) >= 11 is 0. The zero-order valence-electron chi connectivity index (χ0n) is 22.0. The largest absolute Gasteiger partial charge is 0.467 e. The van der Waals surface area contributed by atoms with E-state index in [1.54, 1.807) is 18.7 Å². The van der Waals surface area contributed by atoms with Gasteiger partial charge in [-0.25, -0.2) is 9.59 Å². The van der Waals surface area contributed by atoms with Crippen molar-refractivity contribution in [2.75, 3.05) is 33.4 Å². The average Bonchev–Trinajstić information content (AvgIpc) is 2.89. The Morgan fingerprint density at radius 2 is 1.64 bits per heavy atom. The van der Waals surface area contributed by atoms with E-state index in [1.165, 1.54) is 7.11 Å². The summed E-state index contributed by atoms with van der Waals surface area (Å²) < 4.78 is 10.0. The van der Waals surface area contributed by atoms with Crippen LogP contribution in [0, 0.1) is 5.92 Å². The summed E-state index contributed by atoms with van der Waals surface area (Å²) in [6.45, 7) is 7.17. The third-order valence-electron chi connectivity index (χ3n) is 6.89. The quantitative estimate of drug-likeness (QED) is 0.281. The van der Waals surface area contributed by atoms with E-state index in [9.17, 15) is 24.0 Å². The fourth-order valence-corrected chi connectivity index (χ4v) is 4.58. The predicted octanol–water partition coefficient (Wildman–Crippen LogP) is 1.29. The number of morpholine rings is 1. The van der Waals surface area contributed by atoms with E-state index in [-0.39, 0.29) is 18.4 Å². The van der Waals surface area contributed by atoms with Crippen LogP contribution in [-0.2, 0) is 28.7 Å². The van der Waals surface area contributed by atoms with E-state index < -0.39 is 41.2 Å². The maximum Gasteiger partial charge on any atom is 0.328 e. The second kappa shape index (κ2) is 14.2. The van der Waals surface area contributed by atoms with E-state index in [4.69, 9.17) is 9.47 Å². The van der Waals surface area contributed by atoms with Crippen LogP contribution >= 0.6 is 0 Å². The molecule has 11 heteroatoms. The number of ketones is 1. The van der Waals surface area contributed by atoms with Crippen LogP contribution in [0.5, 0.6) is 0 Å². The van der Waals surface area contributed by atoms with Gasteiger partial charge in [0.25, 0.3) is 5.91 Å². The lowest BCUT2D eigenvalue weighted by Crippen LogP contribution is -2.65. The van der Waals surface area contributed by atoms with Gasteiger partial charge in [0.2, 0.25) is 11.7 Å². The van der Waals surface area contributed by atoms with Crippen LogP contribution in [0.15, 0.2) is 0 Å². The standard InChI is InChI=1S/C25H42N4O7/c1-5-6-10-18(20(30)21(31)27-19(17(2)3)22(32)35-4)26-23(33)25(11-8-7-9-12-25)28-24(34)29-13-15-36-16-14-29/h17-19H,5-16H2,1-4H3,(H,26,33)(H,27,31)(H,28,34)/t18-,19?/m0/s1. The highest BCUT2D eigenvalue weighted by molar-refractivity contribution is 6.38. The van der Waals surface area contributed by atoms with Crippen LogP contribution in [-0.4, -0.2) is 85.5 Å². The van der Waals surface area contributed by atoms with E-state index in [0.29, 0.717) is 45.6 Å². The number of hydrogen-bond acceptors (Lipinski definition) is 7. The van der Waals surface area contributed by atoms with Gasteiger partial charge >= 0.3 is 12.0 Å². The Kier molecular flexibility index (Phi) is 11.6. The number of rotatable bonds is 11. The minimum Gasteiger partial charge on any atom is -0.467 e. The number of carbonyl (C=O) groups is 5. The van der Waals surface area contributed by atoms with Gasteiger partial charge in [-0.3, -0.25) is 14.4 Å². The van der Waals surface area contributed by atoms with Gasteiger partial charge in [0, 0.05) is 13.1 Å². The Bertz CT molecular complexity index is 789. The molecule has 36 heavy (non-hydrogen) atoms. The molecule has 0 bridgehead atoms. The van der Waals surface area contributed by atoms with Crippen molar-refractivity contribution in [2.45, 2.75) is 89.8 Å². The first-order valence-electron chi connectivity index (χ1n) is 13.0. The maximum atomic E-state index is 13.6. The molecule has 0 radical (unpaired) electrons. The number of ether oxygens (including phenoxy) is 2. The smallest absolute Gasteiger partial charge is 0.328 e. The van der Waals surface area contributed by atoms with E-state index >= 15 is 0 Å². The Hall–Kier alpha value is -2.69. The number of Topliss-reactive ketones (excluding diaryl/α,β-unsaturated/α-hetero) is 1. The third kappa shape index (κ3) is 7.91. The third-order valence-corrected chi connectivity index (χ3v) is 6.89. The molecule has 1 unspecified atom stereocenters. The number of esters is 1. The van der Waals surface area contributed by atoms with E-state index in [2.05, 4.69) is 16.0 Å². The number of nitrogens with one attached hydrogen (secondary N) is 3. The monoisotopic (exact) mass is 510 g/mol. The number of amides is 4. The van der Waals surface area contributed by atoms with Gasteiger partial charge in [0.1, 0.15) is 11.6 Å². The lowest BCUT2D eigenvalue weighted by Gasteiger charge is -2.39. The molecule has 0 aromatic heterocycles. The minimum absolute atomic E-state index is 0.270. The van der Waals surface area contributed by atoms with Crippen molar-refractivity contribution >= 4 is 29.6 Å². The summed E-state index contributed by atoms with van der Waals surface area (Å²) in [5.74, 6) is -3.17. The molecule has 0 spiro atoms. The summed E-state index contributed by atoms with van der Waals surface area (Å²) in [5, 5.41) is 8.18. The number of carbonyl (C=O) groups excluding carboxylic acids is 5. The van der Waals surface area contributed by atoms with Crippen molar-refractivity contribution in [3.05, 3.63) is 0 Å². The highest BCUT2D eigenvalue weighted by Gasteiger charge is 2.43. The van der Waals surface area contributed by atoms with Gasteiger partial charge < -0.3 is 30.3 Å². The van der Waals surface area contributed by atoms with Crippen LogP contribution in [0.1, 0.15) is 72.1 Å². The Morgan fingerprint density at radius 3 is 2.19 bits per heavy atom. The molecule has 2 aliphatic rings. The van der Waals surface area contributed by atoms with Gasteiger partial charge in [0.15, 0.2) is 0 Å². The lowest BCUT2D eigenvalue weighted by molar-refractivity contribution is -0.148. The SMILES string of the molecule is CCCC[C@H](NC(=O)C1(NC(=O)N2CCOCC2)CCCCC1)C(=O)C(=O)NC(C(=O)OC)C(C)C. The molecule has 11 nitrogen and oxygen atoms in total. The van der Waals surface area contributed by atoms with Crippen molar-refractivity contribution in [1.29, 1.82) is 0 Å². The van der Waals surface area contributed by atoms with Gasteiger partial charge in [-0.2, -0.15) is 0 Å². The summed E-state index contributed by atoms with van der Waals surface area (Å²) in [6, 6.07) is -2.38. The van der Waals surface area contributed by atoms with Gasteiger partial charge in [-0.05, 0) is 25.2 Å². The Labute approximate surface area is 213 Å². The molecule has 204 valence electrons. The van der Waals surface area contributed by atoms with Gasteiger partial charge in [0.05, 0.1) is 26.4 Å². The molecule has 1 saturated carbocycles. The first kappa shape index (κ1) is 29.5. The van der Waals surface area contributed by atoms with Crippen LogP contribution in [0.25, 0.3) is 0 Å². The molecule has 0 aromatic rings. The molecular formula is C25H42N4O7. The van der Waals surface area contributed by atoms with Crippen molar-refractivity contribution in [3.8, 4) is 0 Å². The number of unbranched alkanes of at least 4 members (excludes halogenated alkanes) is 1. The van der Waals surface area contributed by atoms with Crippen LogP contribution in [0.3, 0.4) is 0 Å². The molecule has 4 amide bonds. The summed E-state index contributed by atoms with van der Waals surface area (Å²) in [7, 11) is 1.21. The molecule has 1 aliphatic carbocycles. The van der Waals surface area contributed by atoms with Crippen LogP contribution in [0.2, 0.25) is 0 Å². The average molecular weight is 511 g/mol. The Morgan fingerprint density at radius 1 is 1.00 bits per heavy atom. The number of nitrogens with zero attached hydrogens (tertiary/aromatic N) is 1. The van der Waals surface area contributed by atoms with Crippen molar-refractivity contribution in [1.82, 2.24) is 20.9 Å². The minimum atomic E-state index is -1.15. The lowest BCUT2D eigenvalue weighted by atomic mass is 9.80. The van der Waals surface area contributed by atoms with Gasteiger partial charge in [-0.1, -0.05) is 52.9 Å². The fraction of sp³-hybridized carbons (Fsp3) is 0.800. The molecule has 0 aromatic carbocycles. The highest BCUT2D eigenvalue weighted by Crippen LogP contribution is 2.29. The van der Waals surface area contributed by atoms with Crippen LogP contribution < -0.4 is 16.0 Å². The molecule has 1 heterocycles. The zero-order chi connectivity index (χ0) is 26.7. The summed E-state index contributed by atoms with van der Waals surface area (Å²) in [4.78, 5) is 66.1. The van der Waals surface area contributed by atoms with Crippen LogP contribution in [0.4, 0.5) is 4.79 Å². The molecule has 1 aliphatic heterocycles. The molecule has 3 N–H and O–H groups in total. The molecule has 2 fully saturated rings. The van der Waals surface area contributed by atoms with Crippen molar-refractivity contribution in [2.24, 2.45) is 5.92 Å². The Balaban J connectivity index is 2.17. The van der Waals surface area contributed by atoms with E-state index in [0.717, 1.165) is 25.7 Å². The summed E-state index contributed by atoms with van der Waals surface area (Å²) in [5.41, 5.74) is -1.15. The maximum absolute atomic E-state index is 13.6. The first-order chi connectivity index (χ1) is 17.1. The van der Waals surface area contributed by atoms with E-state index in [1.807, 2.05) is 6.92 Å². The summed E-state index contributed by atoms with van der Waals surface area (Å²) in [6.07, 6.45) is 5.03. The highest BCUT2D eigenvalue weighted by atomic mass is 16.5. The molecule has 1 saturated heterocycles. The normalized spacial score (nSPS) is 19.1. The number of urea groups is 1. The number of hydrogen-bond donors (Lipinski definition) is 3. The van der Waals surface area contributed by atoms with Crippen molar-refractivity contribution < 1.29 is 33.4 Å². The molecular weight excluding hydrogens is 468 g/mol. The first-order valence-corrected chi connectivity index (χ1v) is 13.0. The second-order valence-electron chi connectivity index (χ2n) is 9.92. The topological polar surface area (TPSA) is 143 Å². The number of methoxy groups -OCH3 is 1. The van der Waals surface area contributed by atoms with Gasteiger partial charge in [-0.15, -0.1) is 0 Å². The molecule has 2 atom stereocenters.